The molecule has 0 atom stereocenters. The smallest absolute Gasteiger partial charge is 0.327 e. The van der Waals surface area contributed by atoms with Crippen molar-refractivity contribution in [2.24, 2.45) is 0 Å². The van der Waals surface area contributed by atoms with Crippen LogP contribution < -0.4 is 4.66 Å². The van der Waals surface area contributed by atoms with Gasteiger partial charge in [-0.05, 0) is 12.1 Å². The molecule has 0 amide bonds. The Kier molecular flexibility index (Phi) is 6.84. The lowest BCUT2D eigenvalue weighted by Gasteiger charge is -1.70. The first kappa shape index (κ1) is 8.36. The fourth-order valence-corrected chi connectivity index (χ4v) is 0.313. The van der Waals surface area contributed by atoms with Crippen molar-refractivity contribution >= 4 is 0 Å². The van der Waals surface area contributed by atoms with Crippen LogP contribution in [0.3, 0.4) is 0 Å². The molecule has 9 heavy (non-hydrogen) atoms. The van der Waals surface area contributed by atoms with Crippen LogP contribution in [0.25, 0.3) is 0 Å². The van der Waals surface area contributed by atoms with E-state index >= 15 is 0 Å². The maximum Gasteiger partial charge on any atom is 0.327 e. The monoisotopic (exact) mass is 147 g/mol. The van der Waals surface area contributed by atoms with Crippen molar-refractivity contribution in [2.75, 3.05) is 0 Å². The van der Waals surface area contributed by atoms with E-state index in [1.54, 1.807) is 12.4 Å². The van der Waals surface area contributed by atoms with Gasteiger partial charge in [0.2, 0.25) is 0 Å². The summed E-state index contributed by atoms with van der Waals surface area (Å²) >= 11 is -0.167. The second-order valence-corrected chi connectivity index (χ2v) is 1.23. The quantitative estimate of drug-likeness (QED) is 0.530. The Morgan fingerprint density at radius 2 is 1.67 bits per heavy atom. The zero-order valence-electron chi connectivity index (χ0n) is 4.57. The highest BCUT2D eigenvalue weighted by molar-refractivity contribution is 4.88. The van der Waals surface area contributed by atoms with E-state index in [0.29, 0.717) is 0 Å². The molecule has 0 radical (unpaired) electrons. The summed E-state index contributed by atoms with van der Waals surface area (Å²) in [6, 6.07) is 5.72. The molecule has 0 aromatic carbocycles. The fourth-order valence-electron chi connectivity index (χ4n) is 0.313. The van der Waals surface area contributed by atoms with Crippen LogP contribution in [-0.2, 0) is 0 Å². The molecule has 50 valence electrons. The van der Waals surface area contributed by atoms with Crippen molar-refractivity contribution in [1.29, 1.82) is 0 Å². The summed E-state index contributed by atoms with van der Waals surface area (Å²) in [5.74, 6) is 0. The molecule has 1 aromatic heterocycles. The van der Waals surface area contributed by atoms with E-state index in [0.717, 1.165) is 0 Å². The molecule has 0 bridgehead atoms. The molecule has 0 saturated heterocycles. The molecule has 0 saturated carbocycles. The number of aromatic nitrogens is 1. The van der Waals surface area contributed by atoms with Crippen LogP contribution in [0.2, 0.25) is 0 Å². The van der Waals surface area contributed by atoms with Crippen molar-refractivity contribution < 1.29 is 20.6 Å². The molecular formula is C5H6ClNO2. The van der Waals surface area contributed by atoms with Crippen LogP contribution in [0, 0.1) is 11.3 Å². The van der Waals surface area contributed by atoms with Crippen molar-refractivity contribution in [2.45, 2.75) is 0 Å². The topological polar surface area (TPSA) is 56.2 Å². The van der Waals surface area contributed by atoms with E-state index in [1.807, 2.05) is 18.2 Å². The highest BCUT2D eigenvalue weighted by Gasteiger charge is 1.58. The van der Waals surface area contributed by atoms with E-state index in [-0.39, 0.29) is 11.3 Å². The number of halogens is 1. The lowest BCUT2D eigenvalue weighted by Crippen LogP contribution is -1.94. The predicted molar refractivity (Wildman–Crippen MR) is 26.5 cm³/mol. The van der Waals surface area contributed by atoms with E-state index < -0.39 is 0 Å². The van der Waals surface area contributed by atoms with Gasteiger partial charge in [0.15, 0.2) is 0 Å². The Morgan fingerprint density at radius 1 is 1.22 bits per heavy atom. The largest absolute Gasteiger partial charge is 0.506 e. The zero-order chi connectivity index (χ0) is 6.95. The Morgan fingerprint density at radius 3 is 1.78 bits per heavy atom. The van der Waals surface area contributed by atoms with Gasteiger partial charge in [-0.15, -0.1) is 4.66 Å². The molecule has 0 aliphatic carbocycles. The maximum atomic E-state index is 8.35. The van der Waals surface area contributed by atoms with Crippen LogP contribution in [0.1, 0.15) is 0 Å². The van der Waals surface area contributed by atoms with Gasteiger partial charge in [0.1, 0.15) is 0 Å². The summed E-state index contributed by atoms with van der Waals surface area (Å²) in [6.45, 7) is 0. The highest BCUT2D eigenvalue weighted by atomic mass is 35.6. The van der Waals surface area contributed by atoms with Crippen LogP contribution in [0.5, 0.6) is 0 Å². The van der Waals surface area contributed by atoms with Gasteiger partial charge in [-0.3, -0.25) is 4.98 Å². The van der Waals surface area contributed by atoms with E-state index in [4.69, 9.17) is 9.32 Å². The first-order valence-corrected chi connectivity index (χ1v) is 2.82. The Bertz CT molecular complexity index is 97.8. The minimum atomic E-state index is -0.167. The first-order valence-electron chi connectivity index (χ1n) is 2.17. The summed E-state index contributed by atoms with van der Waals surface area (Å²) in [7, 11) is 0. The third-order valence-electron chi connectivity index (χ3n) is 0.566. The van der Waals surface area contributed by atoms with E-state index in [1.165, 1.54) is 0 Å². The minimum Gasteiger partial charge on any atom is -0.506 e. The second kappa shape index (κ2) is 7.36. The van der Waals surface area contributed by atoms with Gasteiger partial charge in [0.25, 0.3) is 0 Å². The molecule has 0 fully saturated rings. The van der Waals surface area contributed by atoms with Gasteiger partial charge < -0.3 is 4.66 Å². The Hall–Kier alpha value is -0.640. The lowest BCUT2D eigenvalue weighted by molar-refractivity contribution is -1.27. The molecule has 1 rings (SSSR count). The van der Waals surface area contributed by atoms with Crippen LogP contribution in [0.15, 0.2) is 30.6 Å². The van der Waals surface area contributed by atoms with Crippen LogP contribution >= 0.6 is 0 Å². The average molecular weight is 148 g/mol. The van der Waals surface area contributed by atoms with Gasteiger partial charge in [0.05, 0.1) is 0 Å². The molecule has 3 nitrogen and oxygen atoms in total. The maximum absolute atomic E-state index is 8.35. The summed E-state index contributed by atoms with van der Waals surface area (Å²) in [5.41, 5.74) is 0. The fraction of sp³-hybridized carbons (Fsp3) is 0. The second-order valence-electron chi connectivity index (χ2n) is 1.09. The van der Waals surface area contributed by atoms with E-state index in [2.05, 4.69) is 4.98 Å². The SMILES string of the molecule is [O-][Cl+]O.c1ccncc1. The van der Waals surface area contributed by atoms with Crippen LogP contribution in [0.4, 0.5) is 0 Å². The number of hydrogen-bond acceptors (Lipinski definition) is 3. The number of nitrogens with zero attached hydrogens (tertiary/aromatic N) is 1. The predicted octanol–water partition coefficient (Wildman–Crippen LogP) is -0.664. The molecule has 0 aliphatic rings. The molecule has 4 heteroatoms. The molecular weight excluding hydrogens is 142 g/mol. The van der Waals surface area contributed by atoms with E-state index in [9.17, 15) is 0 Å². The summed E-state index contributed by atoms with van der Waals surface area (Å²) in [4.78, 5) is 3.78. The molecule has 0 spiro atoms. The average Bonchev–Trinajstić information content (AvgIpc) is 1.93. The lowest BCUT2D eigenvalue weighted by atomic mass is 10.5. The highest BCUT2D eigenvalue weighted by Crippen LogP contribution is 1.73. The molecule has 0 aliphatic heterocycles. The normalized spacial score (nSPS) is 7.33. The van der Waals surface area contributed by atoms with Crippen molar-refractivity contribution in [3.63, 3.8) is 0 Å². The summed E-state index contributed by atoms with van der Waals surface area (Å²) in [6.07, 6.45) is 3.50. The third kappa shape index (κ3) is 7.36. The molecule has 1 heterocycles. The van der Waals surface area contributed by atoms with Gasteiger partial charge in [-0.2, -0.15) is 0 Å². The number of hydrogen-bond donors (Lipinski definition) is 1. The van der Waals surface area contributed by atoms with Crippen LogP contribution in [-0.4, -0.2) is 9.64 Å². The first-order chi connectivity index (χ1) is 4.41. The molecule has 0 unspecified atom stereocenters. The minimum absolute atomic E-state index is 0.167. The van der Waals surface area contributed by atoms with Crippen molar-refractivity contribution in [1.82, 2.24) is 4.98 Å². The van der Waals surface area contributed by atoms with Gasteiger partial charge in [0, 0.05) is 12.4 Å². The van der Waals surface area contributed by atoms with Crippen molar-refractivity contribution in [3.8, 4) is 0 Å². The molecule has 1 N–H and O–H groups in total. The van der Waals surface area contributed by atoms with Gasteiger partial charge in [-0.1, -0.05) is 6.07 Å². The third-order valence-corrected chi connectivity index (χ3v) is 0.566. The molecule has 1 aromatic rings. The van der Waals surface area contributed by atoms with Gasteiger partial charge >= 0.3 is 11.3 Å². The number of rotatable bonds is 0. The van der Waals surface area contributed by atoms with Crippen molar-refractivity contribution in [3.05, 3.63) is 30.6 Å². The Labute approximate surface area is 57.0 Å². The summed E-state index contributed by atoms with van der Waals surface area (Å²) < 4.78 is 15.2. The number of pyridine rings is 1. The Balaban J connectivity index is 0.000000187. The standard InChI is InChI=1S/C5H5N.ClHO2/c1-2-4-6-5-3-1;2-1-3/h1-5H;2H. The zero-order valence-corrected chi connectivity index (χ0v) is 5.32. The summed E-state index contributed by atoms with van der Waals surface area (Å²) in [5, 5.41) is 0. The van der Waals surface area contributed by atoms with Gasteiger partial charge in [-0.25, -0.2) is 0 Å².